The Hall–Kier alpha value is -1.56. The lowest BCUT2D eigenvalue weighted by Gasteiger charge is -2.10. The minimum Gasteiger partial charge on any atom is -0.324 e. The molecule has 6 heteroatoms. The van der Waals surface area contributed by atoms with Gasteiger partial charge < -0.3 is 10.7 Å². The molecule has 0 aromatic heterocycles. The van der Waals surface area contributed by atoms with Gasteiger partial charge in [-0.05, 0) is 64.8 Å². The van der Waals surface area contributed by atoms with Crippen LogP contribution in [0.3, 0.4) is 0 Å². The van der Waals surface area contributed by atoms with Crippen LogP contribution in [0, 0.1) is 6.92 Å². The van der Waals surface area contributed by atoms with Crippen molar-refractivity contribution in [1.29, 1.82) is 0 Å². The number of carbonyl (C=O) groups excluding carboxylic acids is 1. The van der Waals surface area contributed by atoms with Gasteiger partial charge in [0, 0.05) is 15.1 Å². The molecule has 0 unspecified atom stereocenters. The summed E-state index contributed by atoms with van der Waals surface area (Å²) in [6.45, 7) is 1.88. The highest BCUT2D eigenvalue weighted by Crippen LogP contribution is 2.26. The predicted molar refractivity (Wildman–Crippen MR) is 86.1 cm³/mol. The number of anilines is 2. The Morgan fingerprint density at radius 2 is 1.90 bits per heavy atom. The zero-order valence-electron chi connectivity index (χ0n) is 10.7. The molecular formula is C14H13BrClN3O. The zero-order valence-corrected chi connectivity index (χ0v) is 13.0. The van der Waals surface area contributed by atoms with Crippen LogP contribution in [0.1, 0.15) is 15.9 Å². The summed E-state index contributed by atoms with van der Waals surface area (Å²) in [4.78, 5) is 12.2. The molecule has 0 atom stereocenters. The van der Waals surface area contributed by atoms with Crippen LogP contribution < -0.4 is 16.6 Å². The van der Waals surface area contributed by atoms with Crippen molar-refractivity contribution in [1.82, 2.24) is 0 Å². The van der Waals surface area contributed by atoms with Crippen LogP contribution in [-0.4, -0.2) is 5.91 Å². The van der Waals surface area contributed by atoms with Crippen LogP contribution in [-0.2, 0) is 0 Å². The van der Waals surface area contributed by atoms with E-state index in [1.807, 2.05) is 6.92 Å². The fraction of sp³-hybridized carbons (Fsp3) is 0.0714. The summed E-state index contributed by atoms with van der Waals surface area (Å²) in [5, 5.41) is 3.42. The number of aryl methyl sites for hydroxylation is 1. The fourth-order valence-corrected chi connectivity index (χ4v) is 2.53. The molecule has 0 aliphatic carbocycles. The number of halogens is 2. The molecule has 4 N–H and O–H groups in total. The molecule has 2 rings (SSSR count). The number of hydrogen-bond acceptors (Lipinski definition) is 3. The molecule has 0 bridgehead atoms. The summed E-state index contributed by atoms with van der Waals surface area (Å²) in [6, 6.07) is 10.4. The summed E-state index contributed by atoms with van der Waals surface area (Å²) < 4.78 is 0.732. The number of carbonyl (C=O) groups is 1. The third kappa shape index (κ3) is 3.30. The highest BCUT2D eigenvalue weighted by atomic mass is 79.9. The highest BCUT2D eigenvalue weighted by Gasteiger charge is 2.10. The van der Waals surface area contributed by atoms with E-state index in [0.29, 0.717) is 16.3 Å². The Morgan fingerprint density at radius 3 is 2.50 bits per heavy atom. The molecule has 0 aliphatic heterocycles. The summed E-state index contributed by atoms with van der Waals surface area (Å²) >= 11 is 9.22. The van der Waals surface area contributed by atoms with E-state index in [4.69, 9.17) is 17.4 Å². The maximum atomic E-state index is 12.2. The first-order valence-corrected chi connectivity index (χ1v) is 7.02. The quantitative estimate of drug-likeness (QED) is 0.577. The number of rotatable bonds is 3. The second-order valence-electron chi connectivity index (χ2n) is 4.25. The zero-order chi connectivity index (χ0) is 14.7. The first kappa shape index (κ1) is 14.8. The van der Waals surface area contributed by atoms with Crippen molar-refractivity contribution in [3.8, 4) is 0 Å². The molecule has 1 amide bonds. The summed E-state index contributed by atoms with van der Waals surface area (Å²) in [5.41, 5.74) is 5.48. The monoisotopic (exact) mass is 353 g/mol. The molecule has 2 aromatic carbocycles. The minimum absolute atomic E-state index is 0.195. The van der Waals surface area contributed by atoms with Crippen molar-refractivity contribution >= 4 is 44.8 Å². The third-order valence-corrected chi connectivity index (χ3v) is 3.71. The number of hydrogen-bond donors (Lipinski definition) is 3. The average Bonchev–Trinajstić information content (AvgIpc) is 2.41. The van der Waals surface area contributed by atoms with E-state index in [0.717, 1.165) is 15.7 Å². The van der Waals surface area contributed by atoms with Crippen molar-refractivity contribution in [2.24, 2.45) is 5.84 Å². The number of amides is 1. The van der Waals surface area contributed by atoms with E-state index in [2.05, 4.69) is 26.7 Å². The minimum atomic E-state index is -0.195. The molecule has 104 valence electrons. The van der Waals surface area contributed by atoms with Crippen molar-refractivity contribution in [3.63, 3.8) is 0 Å². The standard InChI is InChI=1S/C14H13BrClN3O/c1-8-6-9(2-4-12(8)19-17)14(20)18-13-5-3-10(16)7-11(13)15/h2-7,19H,17H2,1H3,(H,18,20). The summed E-state index contributed by atoms with van der Waals surface area (Å²) in [6.07, 6.45) is 0. The van der Waals surface area contributed by atoms with Gasteiger partial charge in [-0.15, -0.1) is 0 Å². The number of benzene rings is 2. The first-order valence-electron chi connectivity index (χ1n) is 5.85. The van der Waals surface area contributed by atoms with Crippen molar-refractivity contribution < 1.29 is 4.79 Å². The fourth-order valence-electron chi connectivity index (χ4n) is 1.75. The lowest BCUT2D eigenvalue weighted by Crippen LogP contribution is -2.14. The van der Waals surface area contributed by atoms with Gasteiger partial charge >= 0.3 is 0 Å². The van der Waals surface area contributed by atoms with E-state index < -0.39 is 0 Å². The van der Waals surface area contributed by atoms with Gasteiger partial charge in [0.15, 0.2) is 0 Å². The van der Waals surface area contributed by atoms with Crippen LogP contribution in [0.4, 0.5) is 11.4 Å². The molecule has 20 heavy (non-hydrogen) atoms. The number of hydrazine groups is 1. The molecule has 0 fully saturated rings. The molecule has 0 saturated heterocycles. The SMILES string of the molecule is Cc1cc(C(=O)Nc2ccc(Cl)cc2Br)ccc1NN. The van der Waals surface area contributed by atoms with Gasteiger partial charge in [-0.2, -0.15) is 0 Å². The van der Waals surface area contributed by atoms with Crippen LogP contribution in [0.5, 0.6) is 0 Å². The maximum absolute atomic E-state index is 12.2. The van der Waals surface area contributed by atoms with Crippen LogP contribution in [0.15, 0.2) is 40.9 Å². The normalized spacial score (nSPS) is 10.2. The van der Waals surface area contributed by atoms with Crippen LogP contribution in [0.25, 0.3) is 0 Å². The molecule has 4 nitrogen and oxygen atoms in total. The highest BCUT2D eigenvalue weighted by molar-refractivity contribution is 9.10. The van der Waals surface area contributed by atoms with Crippen molar-refractivity contribution in [2.75, 3.05) is 10.7 Å². The van der Waals surface area contributed by atoms with Crippen LogP contribution in [0.2, 0.25) is 5.02 Å². The second-order valence-corrected chi connectivity index (χ2v) is 5.54. The molecule has 2 aromatic rings. The van der Waals surface area contributed by atoms with Gasteiger partial charge in [-0.25, -0.2) is 0 Å². The lowest BCUT2D eigenvalue weighted by atomic mass is 10.1. The molecule has 0 radical (unpaired) electrons. The van der Waals surface area contributed by atoms with Gasteiger partial charge in [-0.1, -0.05) is 11.6 Å². The number of nitrogens with two attached hydrogens (primary N) is 1. The first-order chi connectivity index (χ1) is 9.51. The van der Waals surface area contributed by atoms with Gasteiger partial charge in [0.2, 0.25) is 0 Å². The average molecular weight is 355 g/mol. The van der Waals surface area contributed by atoms with Gasteiger partial charge in [0.05, 0.1) is 11.4 Å². The summed E-state index contributed by atoms with van der Waals surface area (Å²) in [5.74, 6) is 5.17. The van der Waals surface area contributed by atoms with Gasteiger partial charge in [0.25, 0.3) is 5.91 Å². The Morgan fingerprint density at radius 1 is 1.20 bits per heavy atom. The van der Waals surface area contributed by atoms with Crippen molar-refractivity contribution in [2.45, 2.75) is 6.92 Å². The van der Waals surface area contributed by atoms with Gasteiger partial charge in [0.1, 0.15) is 0 Å². The van der Waals surface area contributed by atoms with Crippen LogP contribution >= 0.6 is 27.5 Å². The maximum Gasteiger partial charge on any atom is 0.255 e. The summed E-state index contributed by atoms with van der Waals surface area (Å²) in [7, 11) is 0. The molecule has 0 spiro atoms. The second kappa shape index (κ2) is 6.26. The van der Waals surface area contributed by atoms with E-state index >= 15 is 0 Å². The Balaban J connectivity index is 2.21. The number of nitrogen functional groups attached to an aromatic ring is 1. The lowest BCUT2D eigenvalue weighted by molar-refractivity contribution is 0.102. The predicted octanol–water partition coefficient (Wildman–Crippen LogP) is 3.95. The molecule has 0 aliphatic rings. The van der Waals surface area contributed by atoms with E-state index in [-0.39, 0.29) is 5.91 Å². The third-order valence-electron chi connectivity index (χ3n) is 2.82. The Kier molecular flexibility index (Phi) is 4.65. The Bertz CT molecular complexity index is 661. The molecule has 0 heterocycles. The van der Waals surface area contributed by atoms with E-state index in [1.54, 1.807) is 36.4 Å². The Labute approximate surface area is 130 Å². The largest absolute Gasteiger partial charge is 0.324 e. The molecular weight excluding hydrogens is 342 g/mol. The number of nitrogens with one attached hydrogen (secondary N) is 2. The topological polar surface area (TPSA) is 67.2 Å². The molecule has 0 saturated carbocycles. The smallest absolute Gasteiger partial charge is 0.255 e. The van der Waals surface area contributed by atoms with Gasteiger partial charge in [-0.3, -0.25) is 10.6 Å². The van der Waals surface area contributed by atoms with Crippen molar-refractivity contribution in [3.05, 3.63) is 57.0 Å². The van der Waals surface area contributed by atoms with E-state index in [1.165, 1.54) is 0 Å². The van der Waals surface area contributed by atoms with E-state index in [9.17, 15) is 4.79 Å².